The van der Waals surface area contributed by atoms with Gasteiger partial charge in [0.15, 0.2) is 0 Å². The summed E-state index contributed by atoms with van der Waals surface area (Å²) in [6, 6.07) is 17.8. The van der Waals surface area contributed by atoms with E-state index in [2.05, 4.69) is 4.98 Å². The predicted octanol–water partition coefficient (Wildman–Crippen LogP) is 4.69. The molecule has 0 atom stereocenters. The molecule has 2 aromatic heterocycles. The number of halogens is 1. The van der Waals surface area contributed by atoms with Crippen LogP contribution in [-0.4, -0.2) is 52.8 Å². The smallest absolute Gasteiger partial charge is 0.264 e. The second-order valence-corrected chi connectivity index (χ2v) is 9.74. The van der Waals surface area contributed by atoms with Crippen molar-refractivity contribution >= 4 is 44.7 Å². The second-order valence-electron chi connectivity index (χ2n) is 7.63. The van der Waals surface area contributed by atoms with E-state index in [9.17, 15) is 14.0 Å². The minimum absolute atomic E-state index is 0.00190. The van der Waals surface area contributed by atoms with Gasteiger partial charge in [0.05, 0.1) is 26.4 Å². The third-order valence-corrected chi connectivity index (χ3v) is 7.79. The van der Waals surface area contributed by atoms with Gasteiger partial charge >= 0.3 is 0 Å². The number of thiazole rings is 1. The number of hydrogen-bond acceptors (Lipinski definition) is 5. The summed E-state index contributed by atoms with van der Waals surface area (Å²) in [7, 11) is 0. The van der Waals surface area contributed by atoms with Crippen molar-refractivity contribution < 1.29 is 14.0 Å². The van der Waals surface area contributed by atoms with E-state index in [1.807, 2.05) is 36.4 Å². The van der Waals surface area contributed by atoms with Gasteiger partial charge in [-0.05, 0) is 42.0 Å². The fourth-order valence-electron chi connectivity index (χ4n) is 3.75. The summed E-state index contributed by atoms with van der Waals surface area (Å²) in [5, 5.41) is 0.923. The highest BCUT2D eigenvalue weighted by Gasteiger charge is 2.26. The molecule has 0 radical (unpaired) electrons. The molecule has 2 amide bonds. The molecular weight excluding hydrogens is 445 g/mol. The number of hydrogen-bond donors (Lipinski definition) is 0. The molecule has 1 saturated heterocycles. The maximum absolute atomic E-state index is 13.0. The summed E-state index contributed by atoms with van der Waals surface area (Å²) in [5.74, 6) is -0.320. The normalized spacial score (nSPS) is 14.2. The van der Waals surface area contributed by atoms with Gasteiger partial charge in [0.1, 0.15) is 10.8 Å². The SMILES string of the molecule is O=C(Cc1ccc(F)cc1)N1CCN(C(=O)c2ccc(-c3nc4ccccc4s3)s2)CC1. The molecule has 5 rings (SSSR count). The number of rotatable bonds is 4. The molecule has 5 nitrogen and oxygen atoms in total. The largest absolute Gasteiger partial charge is 0.339 e. The van der Waals surface area contributed by atoms with E-state index in [4.69, 9.17) is 0 Å². The van der Waals surface area contributed by atoms with Crippen LogP contribution in [0.5, 0.6) is 0 Å². The van der Waals surface area contributed by atoms with Gasteiger partial charge in [-0.2, -0.15) is 0 Å². The summed E-state index contributed by atoms with van der Waals surface area (Å²) in [6.45, 7) is 2.01. The zero-order valence-corrected chi connectivity index (χ0v) is 18.8. The van der Waals surface area contributed by atoms with E-state index in [-0.39, 0.29) is 24.1 Å². The summed E-state index contributed by atoms with van der Waals surface area (Å²) >= 11 is 3.08. The van der Waals surface area contributed by atoms with Crippen molar-refractivity contribution in [1.29, 1.82) is 0 Å². The number of thiophene rings is 1. The van der Waals surface area contributed by atoms with Gasteiger partial charge in [-0.25, -0.2) is 9.37 Å². The number of para-hydroxylation sites is 1. The van der Waals surface area contributed by atoms with E-state index >= 15 is 0 Å². The lowest BCUT2D eigenvalue weighted by molar-refractivity contribution is -0.131. The molecule has 8 heteroatoms. The van der Waals surface area contributed by atoms with Crippen LogP contribution in [0.25, 0.3) is 20.1 Å². The van der Waals surface area contributed by atoms with Crippen LogP contribution in [0.3, 0.4) is 0 Å². The number of piperazine rings is 1. The first-order chi connectivity index (χ1) is 15.6. The third-order valence-electron chi connectivity index (χ3n) is 5.51. The average Bonchev–Trinajstić information content (AvgIpc) is 3.47. The lowest BCUT2D eigenvalue weighted by Gasteiger charge is -2.34. The molecule has 4 aromatic rings. The molecule has 32 heavy (non-hydrogen) atoms. The number of amides is 2. The van der Waals surface area contributed by atoms with Crippen LogP contribution in [0.2, 0.25) is 0 Å². The minimum atomic E-state index is -0.312. The molecule has 0 unspecified atom stereocenters. The van der Waals surface area contributed by atoms with Crippen molar-refractivity contribution in [3.05, 3.63) is 76.9 Å². The van der Waals surface area contributed by atoms with Gasteiger partial charge in [0.2, 0.25) is 5.91 Å². The van der Waals surface area contributed by atoms with Gasteiger partial charge in [0.25, 0.3) is 5.91 Å². The molecule has 2 aromatic carbocycles. The molecule has 1 fully saturated rings. The Labute approximate surface area is 192 Å². The molecule has 0 N–H and O–H groups in total. The highest BCUT2D eigenvalue weighted by molar-refractivity contribution is 7.26. The van der Waals surface area contributed by atoms with E-state index in [0.29, 0.717) is 31.1 Å². The van der Waals surface area contributed by atoms with E-state index < -0.39 is 0 Å². The van der Waals surface area contributed by atoms with Crippen molar-refractivity contribution in [3.63, 3.8) is 0 Å². The van der Waals surface area contributed by atoms with Gasteiger partial charge in [-0.15, -0.1) is 22.7 Å². The number of aromatic nitrogens is 1. The van der Waals surface area contributed by atoms with Crippen molar-refractivity contribution in [2.24, 2.45) is 0 Å². The molecular formula is C24H20FN3O2S2. The van der Waals surface area contributed by atoms with Gasteiger partial charge < -0.3 is 9.80 Å². The molecule has 162 valence electrons. The van der Waals surface area contributed by atoms with Crippen molar-refractivity contribution in [1.82, 2.24) is 14.8 Å². The number of fused-ring (bicyclic) bond motifs is 1. The van der Waals surface area contributed by atoms with Crippen LogP contribution >= 0.6 is 22.7 Å². The van der Waals surface area contributed by atoms with Crippen LogP contribution < -0.4 is 0 Å². The van der Waals surface area contributed by atoms with E-state index in [1.165, 1.54) is 23.5 Å². The first-order valence-corrected chi connectivity index (χ1v) is 12.0. The maximum atomic E-state index is 13.0. The molecule has 3 heterocycles. The summed E-state index contributed by atoms with van der Waals surface area (Å²) < 4.78 is 14.2. The highest BCUT2D eigenvalue weighted by atomic mass is 32.1. The first-order valence-electron chi connectivity index (χ1n) is 10.3. The molecule has 0 bridgehead atoms. The lowest BCUT2D eigenvalue weighted by atomic mass is 10.1. The van der Waals surface area contributed by atoms with Gasteiger partial charge in [-0.1, -0.05) is 24.3 Å². The Hall–Kier alpha value is -3.10. The Morgan fingerprint density at radius 2 is 1.59 bits per heavy atom. The van der Waals surface area contributed by atoms with Crippen molar-refractivity contribution in [2.75, 3.05) is 26.2 Å². The Balaban J connectivity index is 1.20. The lowest BCUT2D eigenvalue weighted by Crippen LogP contribution is -2.50. The standard InChI is InChI=1S/C24H20FN3O2S2/c25-17-7-5-16(6-8-17)15-22(29)27-11-13-28(14-12-27)24(30)21-10-9-20(31-21)23-26-18-3-1-2-4-19(18)32-23/h1-10H,11-15H2. The molecule has 0 spiro atoms. The second kappa shape index (κ2) is 8.80. The van der Waals surface area contributed by atoms with Crippen LogP contribution in [0.4, 0.5) is 4.39 Å². The van der Waals surface area contributed by atoms with Gasteiger partial charge in [0, 0.05) is 26.2 Å². The number of carbonyl (C=O) groups excluding carboxylic acids is 2. The van der Waals surface area contributed by atoms with Crippen LogP contribution in [0.15, 0.2) is 60.7 Å². The molecule has 0 aliphatic carbocycles. The van der Waals surface area contributed by atoms with Crippen LogP contribution in [0.1, 0.15) is 15.2 Å². The predicted molar refractivity (Wildman–Crippen MR) is 126 cm³/mol. The quantitative estimate of drug-likeness (QED) is 0.439. The number of benzene rings is 2. The topological polar surface area (TPSA) is 53.5 Å². The molecule has 1 aliphatic rings. The zero-order chi connectivity index (χ0) is 22.1. The average molecular weight is 466 g/mol. The molecule has 0 saturated carbocycles. The Morgan fingerprint density at radius 1 is 0.875 bits per heavy atom. The van der Waals surface area contributed by atoms with Crippen molar-refractivity contribution in [2.45, 2.75) is 6.42 Å². The fourth-order valence-corrected chi connectivity index (χ4v) is 5.74. The fraction of sp³-hybridized carbons (Fsp3) is 0.208. The van der Waals surface area contributed by atoms with Crippen LogP contribution in [0, 0.1) is 5.82 Å². The number of carbonyl (C=O) groups is 2. The summed E-state index contributed by atoms with van der Waals surface area (Å²) in [4.78, 5) is 35.5. The first kappa shape index (κ1) is 20.8. The van der Waals surface area contributed by atoms with E-state index in [1.54, 1.807) is 33.3 Å². The number of nitrogens with zero attached hydrogens (tertiary/aromatic N) is 3. The maximum Gasteiger partial charge on any atom is 0.264 e. The van der Waals surface area contributed by atoms with Crippen molar-refractivity contribution in [3.8, 4) is 9.88 Å². The minimum Gasteiger partial charge on any atom is -0.339 e. The monoisotopic (exact) mass is 465 g/mol. The van der Waals surface area contributed by atoms with E-state index in [0.717, 1.165) is 25.7 Å². The molecule has 1 aliphatic heterocycles. The Bertz CT molecular complexity index is 1240. The third kappa shape index (κ3) is 4.28. The Kier molecular flexibility index (Phi) is 5.71. The van der Waals surface area contributed by atoms with Crippen LogP contribution in [-0.2, 0) is 11.2 Å². The summed E-state index contributed by atoms with van der Waals surface area (Å²) in [5.41, 5.74) is 1.76. The highest BCUT2D eigenvalue weighted by Crippen LogP contribution is 2.34. The Morgan fingerprint density at radius 3 is 2.34 bits per heavy atom. The summed E-state index contributed by atoms with van der Waals surface area (Å²) in [6.07, 6.45) is 0.241. The zero-order valence-electron chi connectivity index (χ0n) is 17.2. The van der Waals surface area contributed by atoms with Gasteiger partial charge in [-0.3, -0.25) is 9.59 Å².